The van der Waals surface area contributed by atoms with Crippen molar-refractivity contribution in [2.24, 2.45) is 16.8 Å². The van der Waals surface area contributed by atoms with Crippen molar-refractivity contribution in [3.63, 3.8) is 0 Å². The Bertz CT molecular complexity index is 1040. The van der Waals surface area contributed by atoms with Crippen molar-refractivity contribution in [1.29, 1.82) is 0 Å². The third-order valence-electron chi connectivity index (χ3n) is 5.56. The van der Waals surface area contributed by atoms with E-state index in [1.807, 2.05) is 35.2 Å². The SMILES string of the molecule is C[C@@H]1C[C@@H](C)CN(C(=O)CSC2=N/C(=C/c3ccccc3)C(=O)N2c2ccc(F)cc2)C1. The summed E-state index contributed by atoms with van der Waals surface area (Å²) in [6, 6.07) is 15.2. The Morgan fingerprint density at radius 1 is 1.09 bits per heavy atom. The molecule has 1 fully saturated rings. The first-order valence-electron chi connectivity index (χ1n) is 10.8. The molecule has 166 valence electrons. The van der Waals surface area contributed by atoms with Gasteiger partial charge in [-0.25, -0.2) is 9.38 Å². The number of hydrogen-bond acceptors (Lipinski definition) is 4. The number of amidine groups is 1. The predicted molar refractivity (Wildman–Crippen MR) is 128 cm³/mol. The van der Waals surface area contributed by atoms with Gasteiger partial charge in [-0.2, -0.15) is 0 Å². The van der Waals surface area contributed by atoms with Crippen LogP contribution < -0.4 is 4.90 Å². The molecule has 0 aromatic heterocycles. The van der Waals surface area contributed by atoms with Crippen LogP contribution in [0.3, 0.4) is 0 Å². The van der Waals surface area contributed by atoms with Gasteiger partial charge in [-0.3, -0.25) is 14.5 Å². The molecular formula is C25H26FN3O2S. The molecule has 0 bridgehead atoms. The van der Waals surface area contributed by atoms with E-state index in [1.54, 1.807) is 18.2 Å². The molecule has 2 aromatic carbocycles. The molecule has 2 amide bonds. The summed E-state index contributed by atoms with van der Waals surface area (Å²) in [5.41, 5.74) is 1.67. The van der Waals surface area contributed by atoms with E-state index in [0.717, 1.165) is 25.1 Å². The van der Waals surface area contributed by atoms with E-state index in [1.165, 1.54) is 28.8 Å². The third kappa shape index (κ3) is 5.10. The van der Waals surface area contributed by atoms with E-state index in [0.29, 0.717) is 22.7 Å². The second-order valence-electron chi connectivity index (χ2n) is 8.49. The number of aliphatic imine (C=N–C) groups is 1. The van der Waals surface area contributed by atoms with Crippen LogP contribution in [0.5, 0.6) is 0 Å². The fraction of sp³-hybridized carbons (Fsp3) is 0.320. The number of carbonyl (C=O) groups is 2. The highest BCUT2D eigenvalue weighted by Gasteiger charge is 2.33. The van der Waals surface area contributed by atoms with Crippen molar-refractivity contribution >= 4 is 40.5 Å². The summed E-state index contributed by atoms with van der Waals surface area (Å²) < 4.78 is 13.5. The predicted octanol–water partition coefficient (Wildman–Crippen LogP) is 4.81. The quantitative estimate of drug-likeness (QED) is 0.627. The molecular weight excluding hydrogens is 425 g/mol. The largest absolute Gasteiger partial charge is 0.341 e. The number of nitrogens with zero attached hydrogens (tertiary/aromatic N) is 3. The van der Waals surface area contributed by atoms with E-state index in [2.05, 4.69) is 18.8 Å². The third-order valence-corrected chi connectivity index (χ3v) is 6.49. The summed E-state index contributed by atoms with van der Waals surface area (Å²) in [5.74, 6) is 0.527. The molecule has 0 spiro atoms. The molecule has 0 radical (unpaired) electrons. The average molecular weight is 452 g/mol. The highest BCUT2D eigenvalue weighted by molar-refractivity contribution is 8.14. The lowest BCUT2D eigenvalue weighted by molar-refractivity contribution is -0.131. The molecule has 2 atom stereocenters. The van der Waals surface area contributed by atoms with Crippen LogP contribution in [0.4, 0.5) is 10.1 Å². The molecule has 2 aliphatic heterocycles. The molecule has 4 rings (SSSR count). The van der Waals surface area contributed by atoms with E-state index < -0.39 is 0 Å². The monoisotopic (exact) mass is 451 g/mol. The van der Waals surface area contributed by atoms with Crippen LogP contribution in [-0.2, 0) is 9.59 Å². The van der Waals surface area contributed by atoms with Crippen molar-refractivity contribution in [1.82, 2.24) is 4.90 Å². The van der Waals surface area contributed by atoms with Gasteiger partial charge < -0.3 is 4.90 Å². The van der Waals surface area contributed by atoms with Gasteiger partial charge in [-0.1, -0.05) is 55.9 Å². The number of thioether (sulfide) groups is 1. The molecule has 32 heavy (non-hydrogen) atoms. The summed E-state index contributed by atoms with van der Waals surface area (Å²) in [4.78, 5) is 34.0. The molecule has 7 heteroatoms. The van der Waals surface area contributed by atoms with Crippen molar-refractivity contribution in [2.45, 2.75) is 20.3 Å². The maximum absolute atomic E-state index is 13.5. The van der Waals surface area contributed by atoms with Crippen LogP contribution >= 0.6 is 11.8 Å². The fourth-order valence-corrected chi connectivity index (χ4v) is 5.12. The van der Waals surface area contributed by atoms with E-state index in [-0.39, 0.29) is 29.1 Å². The maximum Gasteiger partial charge on any atom is 0.283 e. The van der Waals surface area contributed by atoms with Gasteiger partial charge in [0.05, 0.1) is 11.4 Å². The molecule has 1 saturated heterocycles. The Hall–Kier alpha value is -2.93. The molecule has 2 aromatic rings. The minimum Gasteiger partial charge on any atom is -0.341 e. The van der Waals surface area contributed by atoms with Gasteiger partial charge in [0, 0.05) is 13.1 Å². The first kappa shape index (κ1) is 22.3. The van der Waals surface area contributed by atoms with Gasteiger partial charge in [-0.15, -0.1) is 0 Å². The molecule has 5 nitrogen and oxygen atoms in total. The van der Waals surface area contributed by atoms with Crippen LogP contribution in [0.15, 0.2) is 65.3 Å². The van der Waals surface area contributed by atoms with Gasteiger partial charge >= 0.3 is 0 Å². The normalized spacial score (nSPS) is 22.4. The van der Waals surface area contributed by atoms with Gasteiger partial charge in [-0.05, 0) is 54.2 Å². The minimum atomic E-state index is -0.380. The molecule has 0 saturated carbocycles. The Balaban J connectivity index is 1.56. The zero-order valence-electron chi connectivity index (χ0n) is 18.2. The number of halogens is 1. The van der Waals surface area contributed by atoms with Crippen LogP contribution in [0.1, 0.15) is 25.8 Å². The standard InChI is InChI=1S/C25H26FN3O2S/c1-17-12-18(2)15-28(14-17)23(30)16-32-25-27-22(13-19-6-4-3-5-7-19)24(31)29(25)21-10-8-20(26)9-11-21/h3-11,13,17-18H,12,14-16H2,1-2H3/b22-13+/t17-,18-/m1/s1. The Morgan fingerprint density at radius 3 is 2.41 bits per heavy atom. The zero-order valence-corrected chi connectivity index (χ0v) is 19.0. The number of rotatable bonds is 4. The molecule has 0 N–H and O–H groups in total. The van der Waals surface area contributed by atoms with E-state index in [9.17, 15) is 14.0 Å². The lowest BCUT2D eigenvalue weighted by atomic mass is 9.92. The number of likely N-dealkylation sites (tertiary alicyclic amines) is 1. The number of hydrogen-bond donors (Lipinski definition) is 0. The minimum absolute atomic E-state index is 0.0445. The van der Waals surface area contributed by atoms with Crippen LogP contribution in [0, 0.1) is 17.7 Å². The summed E-state index contributed by atoms with van der Waals surface area (Å²) in [6.45, 7) is 5.85. The summed E-state index contributed by atoms with van der Waals surface area (Å²) in [7, 11) is 0. The van der Waals surface area contributed by atoms with E-state index in [4.69, 9.17) is 0 Å². The van der Waals surface area contributed by atoms with Crippen LogP contribution in [0.25, 0.3) is 6.08 Å². The number of piperidine rings is 1. The van der Waals surface area contributed by atoms with Crippen molar-refractivity contribution in [3.05, 3.63) is 71.7 Å². The van der Waals surface area contributed by atoms with Crippen LogP contribution in [-0.4, -0.2) is 40.7 Å². The number of amides is 2. The average Bonchev–Trinajstić information content (AvgIpc) is 3.07. The highest BCUT2D eigenvalue weighted by atomic mass is 32.2. The second kappa shape index (κ2) is 9.69. The van der Waals surface area contributed by atoms with Crippen molar-refractivity contribution in [2.75, 3.05) is 23.7 Å². The molecule has 0 aliphatic carbocycles. The second-order valence-corrected chi connectivity index (χ2v) is 9.43. The van der Waals surface area contributed by atoms with Gasteiger partial charge in [0.2, 0.25) is 5.91 Å². The number of anilines is 1. The Labute approximate surface area is 192 Å². The smallest absolute Gasteiger partial charge is 0.283 e. The summed E-state index contributed by atoms with van der Waals surface area (Å²) in [6.07, 6.45) is 2.85. The van der Waals surface area contributed by atoms with Crippen molar-refractivity contribution in [3.8, 4) is 0 Å². The first-order valence-corrected chi connectivity index (χ1v) is 11.8. The first-order chi connectivity index (χ1) is 15.4. The lowest BCUT2D eigenvalue weighted by Crippen LogP contribution is -2.43. The fourth-order valence-electron chi connectivity index (χ4n) is 4.20. The van der Waals surface area contributed by atoms with Crippen LogP contribution in [0.2, 0.25) is 0 Å². The molecule has 0 unspecified atom stereocenters. The number of benzene rings is 2. The van der Waals surface area contributed by atoms with Gasteiger partial charge in [0.25, 0.3) is 5.91 Å². The molecule has 2 heterocycles. The summed E-state index contributed by atoms with van der Waals surface area (Å²) in [5, 5.41) is 0.426. The van der Waals surface area contributed by atoms with Crippen molar-refractivity contribution < 1.29 is 14.0 Å². The Kier molecular flexibility index (Phi) is 6.74. The lowest BCUT2D eigenvalue weighted by Gasteiger charge is -2.35. The van der Waals surface area contributed by atoms with Gasteiger partial charge in [0.15, 0.2) is 5.17 Å². The topological polar surface area (TPSA) is 53.0 Å². The summed E-state index contributed by atoms with van der Waals surface area (Å²) >= 11 is 1.24. The zero-order chi connectivity index (χ0) is 22.7. The van der Waals surface area contributed by atoms with Gasteiger partial charge in [0.1, 0.15) is 11.5 Å². The Morgan fingerprint density at radius 2 is 1.75 bits per heavy atom. The highest BCUT2D eigenvalue weighted by Crippen LogP contribution is 2.30. The van der Waals surface area contributed by atoms with E-state index >= 15 is 0 Å². The maximum atomic E-state index is 13.5. The number of carbonyl (C=O) groups excluding carboxylic acids is 2. The molecule has 2 aliphatic rings.